The summed E-state index contributed by atoms with van der Waals surface area (Å²) in [5, 5.41) is 0. The van der Waals surface area contributed by atoms with E-state index in [4.69, 9.17) is 4.42 Å². The lowest BCUT2D eigenvalue weighted by Gasteiger charge is -1.83. The van der Waals surface area contributed by atoms with Gasteiger partial charge in [0.2, 0.25) is 5.58 Å². The van der Waals surface area contributed by atoms with Crippen molar-refractivity contribution in [2.75, 3.05) is 0 Å². The van der Waals surface area contributed by atoms with Crippen LogP contribution in [0, 0.1) is 6.92 Å². The summed E-state index contributed by atoms with van der Waals surface area (Å²) < 4.78 is 4.81. The lowest BCUT2D eigenvalue weighted by Crippen LogP contribution is -2.04. The molecule has 2 heterocycles. The molecule has 0 saturated carbocycles. The predicted octanol–water partition coefficient (Wildman–Crippen LogP) is 0.244. The Morgan fingerprint density at radius 3 is 3.27 bits per heavy atom. The van der Waals surface area contributed by atoms with E-state index in [0.717, 1.165) is 5.56 Å². The fourth-order valence-electron chi connectivity index (χ4n) is 0.983. The lowest BCUT2D eigenvalue weighted by molar-refractivity contribution is -0.348. The van der Waals surface area contributed by atoms with E-state index in [2.05, 4.69) is 9.97 Å². The quantitative estimate of drug-likeness (QED) is 0.586. The van der Waals surface area contributed by atoms with Crippen LogP contribution in [0.5, 0.6) is 0 Å². The highest BCUT2D eigenvalue weighted by Gasteiger charge is 2.06. The van der Waals surface area contributed by atoms with Crippen LogP contribution >= 0.6 is 0 Å². The highest BCUT2D eigenvalue weighted by molar-refractivity contribution is 5.63. The zero-order valence-corrected chi connectivity index (χ0v) is 5.97. The van der Waals surface area contributed by atoms with Crippen LogP contribution in [0.25, 0.3) is 11.2 Å². The van der Waals surface area contributed by atoms with Crippen LogP contribution < -0.4 is 10.7 Å². The average molecular weight is 151 g/mol. The molecule has 0 fully saturated rings. The minimum Gasteiger partial charge on any atom is -0.383 e. The number of fused-ring (bicyclic) bond motifs is 1. The van der Waals surface area contributed by atoms with E-state index in [1.165, 1.54) is 0 Å². The van der Waals surface area contributed by atoms with Crippen molar-refractivity contribution in [1.29, 1.82) is 0 Å². The standard InChI is InChI=1S/C7H6N2O2/c1-4-2-5-6(8-3-4)9-7(10)11-5/h2-3H,1H3,(H,8,9,10)/p+1. The van der Waals surface area contributed by atoms with Crippen molar-refractivity contribution >= 4 is 11.2 Å². The summed E-state index contributed by atoms with van der Waals surface area (Å²) in [5.41, 5.74) is 2.22. The zero-order chi connectivity index (χ0) is 7.84. The number of hydrogen-bond donors (Lipinski definition) is 1. The number of hydrogen-bond acceptors (Lipinski definition) is 2. The van der Waals surface area contributed by atoms with Gasteiger partial charge < -0.3 is 4.42 Å². The van der Waals surface area contributed by atoms with Gasteiger partial charge in [0, 0.05) is 0 Å². The molecule has 0 atom stereocenters. The number of aromatic nitrogens is 2. The number of aryl methyl sites for hydroxylation is 1. The SMILES string of the molecule is Cc1c[nH+]c2[nH]c(=O)oc2c1. The van der Waals surface area contributed by atoms with Gasteiger partial charge in [0.15, 0.2) is 0 Å². The number of H-pyrrole nitrogens is 2. The van der Waals surface area contributed by atoms with E-state index in [-0.39, 0.29) is 0 Å². The van der Waals surface area contributed by atoms with Gasteiger partial charge in [0.25, 0.3) is 0 Å². The summed E-state index contributed by atoms with van der Waals surface area (Å²) in [7, 11) is 0. The minimum atomic E-state index is -0.429. The topological polar surface area (TPSA) is 60.1 Å². The van der Waals surface area contributed by atoms with Crippen molar-refractivity contribution < 1.29 is 9.40 Å². The van der Waals surface area contributed by atoms with E-state index in [9.17, 15) is 4.79 Å². The molecule has 2 rings (SSSR count). The van der Waals surface area contributed by atoms with Crippen LogP contribution in [0.4, 0.5) is 0 Å². The average Bonchev–Trinajstić information content (AvgIpc) is 2.27. The fourth-order valence-corrected chi connectivity index (χ4v) is 0.983. The fraction of sp³-hybridized carbons (Fsp3) is 0.143. The first-order valence-electron chi connectivity index (χ1n) is 3.27. The van der Waals surface area contributed by atoms with Gasteiger partial charge in [-0.2, -0.15) is 9.78 Å². The van der Waals surface area contributed by atoms with Gasteiger partial charge in [-0.3, -0.25) is 0 Å². The maximum atomic E-state index is 10.7. The number of rotatable bonds is 0. The first kappa shape index (κ1) is 6.15. The van der Waals surface area contributed by atoms with Gasteiger partial charge in [-0.15, -0.1) is 0 Å². The molecule has 2 aromatic rings. The summed E-state index contributed by atoms with van der Waals surface area (Å²) >= 11 is 0. The van der Waals surface area contributed by atoms with E-state index in [1.54, 1.807) is 12.3 Å². The Bertz CT molecular complexity index is 441. The summed E-state index contributed by atoms with van der Waals surface area (Å²) in [5.74, 6) is -0.429. The summed E-state index contributed by atoms with van der Waals surface area (Å²) in [6.45, 7) is 1.92. The molecular formula is C7H7N2O2+. The van der Waals surface area contributed by atoms with Crippen LogP contribution in [-0.2, 0) is 0 Å². The maximum Gasteiger partial charge on any atom is 0.510 e. The van der Waals surface area contributed by atoms with Crippen LogP contribution in [0.2, 0.25) is 0 Å². The molecule has 0 bridgehead atoms. The highest BCUT2D eigenvalue weighted by Crippen LogP contribution is 2.03. The van der Waals surface area contributed by atoms with Crippen LogP contribution in [0.3, 0.4) is 0 Å². The molecule has 0 saturated heterocycles. The number of pyridine rings is 1. The van der Waals surface area contributed by atoms with Gasteiger partial charge in [-0.05, 0) is 18.6 Å². The van der Waals surface area contributed by atoms with E-state index in [1.807, 2.05) is 6.92 Å². The van der Waals surface area contributed by atoms with Crippen molar-refractivity contribution in [1.82, 2.24) is 4.98 Å². The smallest absolute Gasteiger partial charge is 0.383 e. The molecule has 4 heteroatoms. The summed E-state index contributed by atoms with van der Waals surface area (Å²) in [4.78, 5) is 16.1. The summed E-state index contributed by atoms with van der Waals surface area (Å²) in [6.07, 6.45) is 1.80. The highest BCUT2D eigenvalue weighted by atomic mass is 16.4. The zero-order valence-electron chi connectivity index (χ0n) is 5.97. The predicted molar refractivity (Wildman–Crippen MR) is 38.1 cm³/mol. The Morgan fingerprint density at radius 2 is 2.45 bits per heavy atom. The molecule has 4 nitrogen and oxygen atoms in total. The monoisotopic (exact) mass is 151 g/mol. The Morgan fingerprint density at radius 1 is 1.64 bits per heavy atom. The Balaban J connectivity index is 2.92. The van der Waals surface area contributed by atoms with Crippen molar-refractivity contribution in [2.45, 2.75) is 6.92 Å². The molecule has 0 amide bonds. The third-order valence-corrected chi connectivity index (χ3v) is 1.48. The molecule has 0 unspecified atom stereocenters. The third-order valence-electron chi connectivity index (χ3n) is 1.48. The largest absolute Gasteiger partial charge is 0.510 e. The molecule has 0 aromatic carbocycles. The van der Waals surface area contributed by atoms with Crippen LogP contribution in [-0.4, -0.2) is 4.98 Å². The minimum absolute atomic E-state index is 0.429. The molecular weight excluding hydrogens is 144 g/mol. The Labute approximate surface area is 61.9 Å². The molecule has 0 aliphatic heterocycles. The third kappa shape index (κ3) is 0.920. The van der Waals surface area contributed by atoms with E-state index < -0.39 is 5.76 Å². The van der Waals surface area contributed by atoms with Crippen LogP contribution in [0.15, 0.2) is 21.5 Å². The maximum absolute atomic E-state index is 10.7. The van der Waals surface area contributed by atoms with Gasteiger partial charge in [0.1, 0.15) is 0 Å². The van der Waals surface area contributed by atoms with Gasteiger partial charge >= 0.3 is 11.4 Å². The number of aromatic amines is 2. The molecule has 2 aromatic heterocycles. The second kappa shape index (κ2) is 1.95. The Kier molecular flexibility index (Phi) is 1.09. The molecule has 0 aliphatic carbocycles. The Hall–Kier alpha value is -1.58. The first-order valence-corrected chi connectivity index (χ1v) is 3.27. The molecule has 0 spiro atoms. The second-order valence-corrected chi connectivity index (χ2v) is 2.43. The van der Waals surface area contributed by atoms with Crippen molar-refractivity contribution in [2.24, 2.45) is 0 Å². The normalized spacial score (nSPS) is 10.6. The molecule has 11 heavy (non-hydrogen) atoms. The molecule has 0 aliphatic rings. The first-order chi connectivity index (χ1) is 5.25. The van der Waals surface area contributed by atoms with E-state index in [0.29, 0.717) is 11.2 Å². The second-order valence-electron chi connectivity index (χ2n) is 2.43. The van der Waals surface area contributed by atoms with Gasteiger partial charge in [-0.1, -0.05) is 0 Å². The van der Waals surface area contributed by atoms with Crippen molar-refractivity contribution in [3.63, 3.8) is 0 Å². The van der Waals surface area contributed by atoms with Gasteiger partial charge in [0.05, 0.1) is 6.20 Å². The van der Waals surface area contributed by atoms with Gasteiger partial charge in [-0.25, -0.2) is 4.98 Å². The summed E-state index contributed by atoms with van der Waals surface area (Å²) in [6, 6.07) is 1.80. The van der Waals surface area contributed by atoms with Crippen LogP contribution in [0.1, 0.15) is 5.56 Å². The number of nitrogens with one attached hydrogen (secondary N) is 2. The molecule has 56 valence electrons. The van der Waals surface area contributed by atoms with Crippen molar-refractivity contribution in [3.05, 3.63) is 28.4 Å². The van der Waals surface area contributed by atoms with Crippen molar-refractivity contribution in [3.8, 4) is 0 Å². The molecule has 2 N–H and O–H groups in total. The van der Waals surface area contributed by atoms with E-state index >= 15 is 0 Å². The lowest BCUT2D eigenvalue weighted by atomic mass is 10.3. The number of oxazole rings is 1. The molecule has 0 radical (unpaired) electrons.